The van der Waals surface area contributed by atoms with E-state index in [1.54, 1.807) is 41.3 Å². The lowest BCUT2D eigenvalue weighted by atomic mass is 10.1. The Kier molecular flexibility index (Phi) is 5.64. The third-order valence-electron chi connectivity index (χ3n) is 3.44. The Morgan fingerprint density at radius 1 is 1.00 bits per heavy atom. The van der Waals surface area contributed by atoms with Gasteiger partial charge in [-0.15, -0.1) is 0 Å². The first kappa shape index (κ1) is 17.3. The van der Waals surface area contributed by atoms with Gasteiger partial charge in [-0.3, -0.25) is 9.59 Å². The molecule has 4 nitrogen and oxygen atoms in total. The average molecular weight is 351 g/mol. The maximum Gasteiger partial charge on any atom is 0.254 e. The molecule has 2 N–H and O–H groups in total. The van der Waals surface area contributed by atoms with Crippen LogP contribution < -0.4 is 5.73 Å². The summed E-state index contributed by atoms with van der Waals surface area (Å²) in [5.74, 6) is -0.651. The van der Waals surface area contributed by atoms with Crippen LogP contribution in [-0.4, -0.2) is 23.3 Å². The number of hydrogen-bond donors (Lipinski definition) is 1. The zero-order valence-electron chi connectivity index (χ0n) is 12.6. The van der Waals surface area contributed by atoms with Gasteiger partial charge in [0.1, 0.15) is 0 Å². The van der Waals surface area contributed by atoms with Crippen molar-refractivity contribution < 1.29 is 9.59 Å². The number of primary amides is 1. The number of amides is 2. The number of carbonyl (C=O) groups is 2. The predicted molar refractivity (Wildman–Crippen MR) is 91.8 cm³/mol. The molecule has 2 amide bonds. The van der Waals surface area contributed by atoms with Crippen molar-refractivity contribution in [3.05, 3.63) is 69.2 Å². The summed E-state index contributed by atoms with van der Waals surface area (Å²) in [6.45, 7) is 2.85. The molecule has 0 saturated carbocycles. The predicted octanol–water partition coefficient (Wildman–Crippen LogP) is 3.75. The molecule has 23 heavy (non-hydrogen) atoms. The van der Waals surface area contributed by atoms with E-state index in [9.17, 15) is 9.59 Å². The van der Waals surface area contributed by atoms with Gasteiger partial charge < -0.3 is 10.6 Å². The van der Waals surface area contributed by atoms with Gasteiger partial charge in [-0.1, -0.05) is 29.3 Å². The number of nitrogens with zero attached hydrogens (tertiary/aromatic N) is 1. The molecule has 0 radical (unpaired) electrons. The number of carbonyl (C=O) groups excluding carboxylic acids is 2. The second-order valence-electron chi connectivity index (χ2n) is 5.01. The summed E-state index contributed by atoms with van der Waals surface area (Å²) < 4.78 is 0. The lowest BCUT2D eigenvalue weighted by molar-refractivity contribution is 0.0752. The number of benzene rings is 2. The Balaban J connectivity index is 2.17. The molecule has 6 heteroatoms. The fraction of sp³-hybridized carbons (Fsp3) is 0.176. The molecular weight excluding hydrogens is 335 g/mol. The zero-order chi connectivity index (χ0) is 17.0. The molecule has 2 aromatic carbocycles. The Morgan fingerprint density at radius 2 is 1.61 bits per heavy atom. The highest BCUT2D eigenvalue weighted by molar-refractivity contribution is 6.42. The fourth-order valence-electron chi connectivity index (χ4n) is 2.15. The molecule has 0 aliphatic carbocycles. The third kappa shape index (κ3) is 4.24. The minimum Gasteiger partial charge on any atom is -0.366 e. The van der Waals surface area contributed by atoms with Crippen molar-refractivity contribution in [3.63, 3.8) is 0 Å². The van der Waals surface area contributed by atoms with Crippen LogP contribution in [-0.2, 0) is 6.54 Å². The van der Waals surface area contributed by atoms with Crippen molar-refractivity contribution in [1.29, 1.82) is 0 Å². The van der Waals surface area contributed by atoms with Crippen LogP contribution in [0.2, 0.25) is 10.0 Å². The SMILES string of the molecule is CCN(Cc1ccc(Cl)c(Cl)c1)C(=O)c1ccc(C(N)=O)cc1. The van der Waals surface area contributed by atoms with E-state index in [1.165, 1.54) is 0 Å². The molecule has 0 aromatic heterocycles. The van der Waals surface area contributed by atoms with Crippen LogP contribution in [0.4, 0.5) is 0 Å². The smallest absolute Gasteiger partial charge is 0.254 e. The summed E-state index contributed by atoms with van der Waals surface area (Å²) in [5.41, 5.74) is 6.96. The van der Waals surface area contributed by atoms with Crippen molar-refractivity contribution in [3.8, 4) is 0 Å². The van der Waals surface area contributed by atoms with Crippen molar-refractivity contribution in [2.45, 2.75) is 13.5 Å². The molecule has 0 spiro atoms. The Morgan fingerprint density at radius 3 is 2.13 bits per heavy atom. The molecule has 2 aromatic rings. The number of rotatable bonds is 5. The van der Waals surface area contributed by atoms with Crippen molar-refractivity contribution >= 4 is 35.0 Å². The second-order valence-corrected chi connectivity index (χ2v) is 5.82. The first-order valence-corrected chi connectivity index (χ1v) is 7.81. The highest BCUT2D eigenvalue weighted by atomic mass is 35.5. The van der Waals surface area contributed by atoms with E-state index in [-0.39, 0.29) is 5.91 Å². The summed E-state index contributed by atoms with van der Waals surface area (Å²) in [6.07, 6.45) is 0. The molecule has 0 atom stereocenters. The lowest BCUT2D eigenvalue weighted by Crippen LogP contribution is -2.30. The van der Waals surface area contributed by atoms with E-state index < -0.39 is 5.91 Å². The van der Waals surface area contributed by atoms with Crippen LogP contribution in [0, 0.1) is 0 Å². The van der Waals surface area contributed by atoms with Gasteiger partial charge in [0, 0.05) is 24.2 Å². The molecule has 0 aliphatic heterocycles. The van der Waals surface area contributed by atoms with Crippen LogP contribution >= 0.6 is 23.2 Å². The number of hydrogen-bond acceptors (Lipinski definition) is 2. The van der Waals surface area contributed by atoms with Crippen molar-refractivity contribution in [2.24, 2.45) is 5.73 Å². The highest BCUT2D eigenvalue weighted by Crippen LogP contribution is 2.23. The van der Waals surface area contributed by atoms with E-state index in [1.807, 2.05) is 13.0 Å². The van der Waals surface area contributed by atoms with Crippen LogP contribution in [0.3, 0.4) is 0 Å². The van der Waals surface area contributed by atoms with E-state index >= 15 is 0 Å². The molecule has 2 rings (SSSR count). The Bertz CT molecular complexity index is 730. The third-order valence-corrected chi connectivity index (χ3v) is 4.18. The molecule has 0 aliphatic rings. The fourth-order valence-corrected chi connectivity index (χ4v) is 2.47. The monoisotopic (exact) mass is 350 g/mol. The second kappa shape index (κ2) is 7.49. The molecule has 0 fully saturated rings. The molecule has 0 heterocycles. The maximum absolute atomic E-state index is 12.6. The van der Waals surface area contributed by atoms with E-state index in [2.05, 4.69) is 0 Å². The summed E-state index contributed by atoms with van der Waals surface area (Å²) in [4.78, 5) is 25.3. The van der Waals surface area contributed by atoms with Crippen molar-refractivity contribution in [1.82, 2.24) is 4.90 Å². The lowest BCUT2D eigenvalue weighted by Gasteiger charge is -2.21. The van der Waals surface area contributed by atoms with E-state index in [4.69, 9.17) is 28.9 Å². The van der Waals surface area contributed by atoms with Gasteiger partial charge in [-0.2, -0.15) is 0 Å². The minimum atomic E-state index is -0.521. The molecular formula is C17H16Cl2N2O2. The maximum atomic E-state index is 12.6. The van der Waals surface area contributed by atoms with E-state index in [0.717, 1.165) is 5.56 Å². The van der Waals surface area contributed by atoms with Crippen LogP contribution in [0.15, 0.2) is 42.5 Å². The average Bonchev–Trinajstić information content (AvgIpc) is 2.55. The largest absolute Gasteiger partial charge is 0.366 e. The summed E-state index contributed by atoms with van der Waals surface area (Å²) in [7, 11) is 0. The van der Waals surface area contributed by atoms with E-state index in [0.29, 0.717) is 34.3 Å². The van der Waals surface area contributed by atoms with Gasteiger partial charge in [0.25, 0.3) is 5.91 Å². The van der Waals surface area contributed by atoms with Crippen LogP contribution in [0.25, 0.3) is 0 Å². The molecule has 0 saturated heterocycles. The zero-order valence-corrected chi connectivity index (χ0v) is 14.1. The number of halogens is 2. The minimum absolute atomic E-state index is 0.130. The van der Waals surface area contributed by atoms with Gasteiger partial charge in [0.15, 0.2) is 0 Å². The van der Waals surface area contributed by atoms with Gasteiger partial charge in [-0.25, -0.2) is 0 Å². The van der Waals surface area contributed by atoms with Gasteiger partial charge in [-0.05, 0) is 48.9 Å². The Labute approximate surface area is 144 Å². The first-order valence-electron chi connectivity index (χ1n) is 7.05. The van der Waals surface area contributed by atoms with Crippen molar-refractivity contribution in [2.75, 3.05) is 6.54 Å². The standard InChI is InChI=1S/C17H16Cl2N2O2/c1-2-21(10-11-3-8-14(18)15(19)9-11)17(23)13-6-4-12(5-7-13)16(20)22/h3-9H,2,10H2,1H3,(H2,20,22). The van der Waals surface area contributed by atoms with Crippen LogP contribution in [0.5, 0.6) is 0 Å². The quantitative estimate of drug-likeness (QED) is 0.892. The van der Waals surface area contributed by atoms with Crippen LogP contribution in [0.1, 0.15) is 33.2 Å². The van der Waals surface area contributed by atoms with Gasteiger partial charge >= 0.3 is 0 Å². The van der Waals surface area contributed by atoms with Gasteiger partial charge in [0.2, 0.25) is 5.91 Å². The summed E-state index contributed by atoms with van der Waals surface area (Å²) in [5, 5.41) is 0.935. The normalized spacial score (nSPS) is 10.4. The molecule has 0 bridgehead atoms. The Hall–Kier alpha value is -2.04. The molecule has 120 valence electrons. The van der Waals surface area contributed by atoms with Gasteiger partial charge in [0.05, 0.1) is 10.0 Å². The first-order chi connectivity index (χ1) is 10.9. The number of nitrogens with two attached hydrogens (primary N) is 1. The highest BCUT2D eigenvalue weighted by Gasteiger charge is 2.15. The topological polar surface area (TPSA) is 63.4 Å². The molecule has 0 unspecified atom stereocenters. The summed E-state index contributed by atoms with van der Waals surface area (Å²) in [6, 6.07) is 11.6. The summed E-state index contributed by atoms with van der Waals surface area (Å²) >= 11 is 11.9.